The van der Waals surface area contributed by atoms with Crippen molar-refractivity contribution in [2.24, 2.45) is 17.4 Å². The van der Waals surface area contributed by atoms with Crippen molar-refractivity contribution in [1.82, 2.24) is 4.90 Å². The number of allylic oxidation sites excluding steroid dienone is 1. The molecule has 0 aliphatic carbocycles. The molecule has 186 valence electrons. The van der Waals surface area contributed by atoms with Crippen LogP contribution in [0.1, 0.15) is 24.0 Å². The van der Waals surface area contributed by atoms with Crippen molar-refractivity contribution < 1.29 is 47.8 Å². The minimum Gasteiger partial charge on any atom is -0.400 e. The summed E-state index contributed by atoms with van der Waals surface area (Å²) in [6.45, 7) is 6.13. The summed E-state index contributed by atoms with van der Waals surface area (Å²) in [5, 5.41) is 10.1. The van der Waals surface area contributed by atoms with Crippen LogP contribution in [0.2, 0.25) is 0 Å². The summed E-state index contributed by atoms with van der Waals surface area (Å²) >= 11 is 0. The summed E-state index contributed by atoms with van der Waals surface area (Å²) in [7, 11) is 2.90. The number of aliphatic hydroxyl groups excluding tert-OH is 1. The van der Waals surface area contributed by atoms with E-state index in [9.17, 15) is 13.2 Å². The third-order valence-electron chi connectivity index (χ3n) is 4.87. The minimum absolute atomic E-state index is 0. The Hall–Kier alpha value is -1.52. The van der Waals surface area contributed by atoms with Crippen molar-refractivity contribution >= 4 is 5.69 Å². The quantitative estimate of drug-likeness (QED) is 0.289. The minimum atomic E-state index is -4.05. The van der Waals surface area contributed by atoms with Crippen LogP contribution in [-0.2, 0) is 6.54 Å². The molecule has 0 amide bonds. The van der Waals surface area contributed by atoms with Gasteiger partial charge in [-0.25, -0.2) is 0 Å². The van der Waals surface area contributed by atoms with E-state index in [4.69, 9.17) is 16.6 Å². The maximum absolute atomic E-state index is 12.0. The number of hydrogen-bond acceptors (Lipinski definition) is 5. The number of nitrogens with zero attached hydrogens (tertiary/aromatic N) is 1. The molecule has 0 radical (unpaired) electrons. The van der Waals surface area contributed by atoms with Gasteiger partial charge in [0.05, 0.1) is 6.54 Å². The largest absolute Gasteiger partial charge is 1.00 e. The molecule has 1 fully saturated rings. The first-order valence-electron chi connectivity index (χ1n) is 10.7. The van der Waals surface area contributed by atoms with Gasteiger partial charge in [0.2, 0.25) is 0 Å². The molecule has 0 aromatic heterocycles. The van der Waals surface area contributed by atoms with Crippen LogP contribution in [0.4, 0.5) is 18.9 Å². The number of benzene rings is 2. The van der Waals surface area contributed by atoms with Crippen LogP contribution in [0.15, 0.2) is 67.3 Å². The standard InChI is InChI=1S/C9H14F3N.C8H12N2.C7H8N.CH4O.Na/c1-2-8-3-5-13(6-4-8)7-9(10,11)12;1-10-8-5-3-2-4-7(8)6-9;8-6-7-4-2-1-3-5-7;1-2;/h2,8H,1,3-7H2;2-5,10H,6,9H2,1H3;1-6H,8H2;2H,1H3;/q;;-1;;+1. The number of nitrogens with two attached hydrogens (primary N) is 2. The first-order chi connectivity index (χ1) is 15.8. The van der Waals surface area contributed by atoms with Gasteiger partial charge in [-0.2, -0.15) is 30.9 Å². The van der Waals surface area contributed by atoms with E-state index in [1.807, 2.05) is 67.7 Å². The van der Waals surface area contributed by atoms with Gasteiger partial charge in [0.1, 0.15) is 0 Å². The summed E-state index contributed by atoms with van der Waals surface area (Å²) in [6.07, 6.45) is -0.606. The molecule has 34 heavy (non-hydrogen) atoms. The number of piperidine rings is 1. The van der Waals surface area contributed by atoms with E-state index in [-0.39, 0.29) is 29.6 Å². The van der Waals surface area contributed by atoms with Crippen LogP contribution < -0.4 is 46.3 Å². The van der Waals surface area contributed by atoms with Crippen LogP contribution in [0.5, 0.6) is 0 Å². The molecule has 5 nitrogen and oxygen atoms in total. The molecule has 0 spiro atoms. The number of hydrogen-bond donors (Lipinski definition) is 4. The van der Waals surface area contributed by atoms with E-state index in [2.05, 4.69) is 11.9 Å². The van der Waals surface area contributed by atoms with Crippen molar-refractivity contribution in [3.05, 3.63) is 84.9 Å². The van der Waals surface area contributed by atoms with Gasteiger partial charge in [-0.15, -0.1) is 25.3 Å². The molecular formula is C25H38F3N4NaO. The molecule has 0 bridgehead atoms. The monoisotopic (exact) mass is 490 g/mol. The zero-order valence-electron chi connectivity index (χ0n) is 20.6. The molecule has 0 unspecified atom stereocenters. The third kappa shape index (κ3) is 16.2. The Bertz CT molecular complexity index is 717. The fraction of sp³-hybridized carbons (Fsp3) is 0.400. The second kappa shape index (κ2) is 20.8. The van der Waals surface area contributed by atoms with Gasteiger partial charge < -0.3 is 21.9 Å². The molecule has 0 saturated carbocycles. The molecule has 1 saturated heterocycles. The Morgan fingerprint density at radius 2 is 1.62 bits per heavy atom. The van der Waals surface area contributed by atoms with E-state index in [1.165, 1.54) is 4.90 Å². The van der Waals surface area contributed by atoms with Crippen molar-refractivity contribution in [2.45, 2.75) is 25.6 Å². The number of likely N-dealkylation sites (tertiary alicyclic amines) is 1. The second-order valence-electron chi connectivity index (χ2n) is 7.15. The Balaban J connectivity index is 0. The van der Waals surface area contributed by atoms with Crippen molar-refractivity contribution in [2.75, 3.05) is 39.1 Å². The van der Waals surface area contributed by atoms with Crippen LogP contribution in [0, 0.1) is 12.5 Å². The Morgan fingerprint density at radius 1 is 1.09 bits per heavy atom. The Kier molecular flexibility index (Phi) is 21.2. The molecule has 1 heterocycles. The summed E-state index contributed by atoms with van der Waals surface area (Å²) in [5.41, 5.74) is 14.0. The molecule has 1 aliphatic heterocycles. The summed E-state index contributed by atoms with van der Waals surface area (Å²) in [6, 6.07) is 17.8. The average molecular weight is 491 g/mol. The van der Waals surface area contributed by atoms with Crippen molar-refractivity contribution in [3.8, 4) is 0 Å². The van der Waals surface area contributed by atoms with E-state index in [0.717, 1.165) is 36.8 Å². The average Bonchev–Trinajstić information content (AvgIpc) is 2.86. The number of halogens is 3. The zero-order chi connectivity index (χ0) is 25.1. The van der Waals surface area contributed by atoms with Gasteiger partial charge in [-0.1, -0.05) is 30.3 Å². The first kappa shape index (κ1) is 34.6. The van der Waals surface area contributed by atoms with E-state index in [0.29, 0.717) is 25.6 Å². The molecule has 2 aromatic rings. The van der Waals surface area contributed by atoms with Crippen LogP contribution in [-0.4, -0.2) is 50.0 Å². The van der Waals surface area contributed by atoms with Gasteiger partial charge in [0, 0.05) is 26.4 Å². The fourth-order valence-electron chi connectivity index (χ4n) is 3.11. The third-order valence-corrected chi connectivity index (χ3v) is 4.87. The normalized spacial score (nSPS) is 13.3. The summed E-state index contributed by atoms with van der Waals surface area (Å²) in [5.74, 6) is 0.407. The van der Waals surface area contributed by atoms with E-state index >= 15 is 0 Å². The predicted molar refractivity (Wildman–Crippen MR) is 131 cm³/mol. The van der Waals surface area contributed by atoms with Crippen molar-refractivity contribution in [1.29, 1.82) is 0 Å². The molecule has 9 heteroatoms. The Labute approximate surface area is 224 Å². The topological polar surface area (TPSA) is 87.5 Å². The zero-order valence-corrected chi connectivity index (χ0v) is 22.6. The van der Waals surface area contributed by atoms with Gasteiger partial charge in [0.15, 0.2) is 0 Å². The number of para-hydroxylation sites is 1. The molecule has 1 aliphatic rings. The number of aliphatic hydroxyl groups is 1. The van der Waals surface area contributed by atoms with Gasteiger partial charge in [0.25, 0.3) is 0 Å². The fourth-order valence-corrected chi connectivity index (χ4v) is 3.11. The van der Waals surface area contributed by atoms with E-state index in [1.54, 1.807) is 6.54 Å². The summed E-state index contributed by atoms with van der Waals surface area (Å²) in [4.78, 5) is 1.46. The smallest absolute Gasteiger partial charge is 0.400 e. The molecule has 2 aromatic carbocycles. The van der Waals surface area contributed by atoms with Crippen LogP contribution in [0.3, 0.4) is 0 Å². The Morgan fingerprint density at radius 3 is 2.00 bits per heavy atom. The molecular weight excluding hydrogens is 452 g/mol. The number of rotatable bonds is 5. The van der Waals surface area contributed by atoms with E-state index < -0.39 is 12.7 Å². The first-order valence-corrected chi connectivity index (χ1v) is 10.7. The molecule has 3 rings (SSSR count). The molecule has 6 N–H and O–H groups in total. The number of alkyl halides is 3. The predicted octanol–water partition coefficient (Wildman–Crippen LogP) is 1.40. The molecule has 0 atom stereocenters. The van der Waals surface area contributed by atoms with Gasteiger partial charge in [-0.3, -0.25) is 4.90 Å². The van der Waals surface area contributed by atoms with Crippen molar-refractivity contribution in [3.63, 3.8) is 0 Å². The van der Waals surface area contributed by atoms with Crippen LogP contribution >= 0.6 is 0 Å². The maximum atomic E-state index is 12.0. The summed E-state index contributed by atoms with van der Waals surface area (Å²) < 4.78 is 35.9. The number of anilines is 1. The van der Waals surface area contributed by atoms with Gasteiger partial charge in [-0.05, 0) is 43.5 Å². The SMILES string of the molecule is C=CC1CCN(CC(F)(F)F)CC1.CNc1ccccc1CN.CO.N[CH-]c1ccccc1.[Na+]. The number of nitrogens with one attached hydrogen (secondary N) is 1. The van der Waals surface area contributed by atoms with Crippen LogP contribution in [0.25, 0.3) is 0 Å². The van der Waals surface area contributed by atoms with Gasteiger partial charge >= 0.3 is 35.7 Å². The second-order valence-corrected chi connectivity index (χ2v) is 7.15. The maximum Gasteiger partial charge on any atom is 1.00 e.